The van der Waals surface area contributed by atoms with Crippen LogP contribution in [0.3, 0.4) is 0 Å². The summed E-state index contributed by atoms with van der Waals surface area (Å²) in [7, 11) is 1.51. The van der Waals surface area contributed by atoms with Crippen LogP contribution in [-0.2, 0) is 19.1 Å². The molecule has 1 atom stereocenters. The first-order valence-electron chi connectivity index (χ1n) is 6.50. The summed E-state index contributed by atoms with van der Waals surface area (Å²) in [6.07, 6.45) is 6.83. The van der Waals surface area contributed by atoms with Crippen molar-refractivity contribution in [3.63, 3.8) is 0 Å². The summed E-state index contributed by atoms with van der Waals surface area (Å²) in [6, 6.07) is 0. The molecule has 3 rings (SSSR count). The number of allylic oxidation sites excluding steroid dienone is 5. The normalized spacial score (nSPS) is 25.3. The fourth-order valence-corrected chi connectivity index (χ4v) is 8.52. The number of ketones is 1. The quantitative estimate of drug-likeness (QED) is 0.542. The number of hydrogen-bond donors (Lipinski definition) is 0. The molecule has 3 aliphatic heterocycles. The van der Waals surface area contributed by atoms with Crippen LogP contribution in [0.4, 0.5) is 0 Å². The van der Waals surface area contributed by atoms with Crippen LogP contribution in [0, 0.1) is 0 Å². The van der Waals surface area contributed by atoms with Gasteiger partial charge in [-0.15, -0.1) is 0 Å². The van der Waals surface area contributed by atoms with Gasteiger partial charge in [-0.3, -0.25) is 0 Å². The number of Topliss-reactive ketones (excluding diaryl/α,β-unsaturated/α-hetero) is 1. The Morgan fingerprint density at radius 3 is 2.81 bits per heavy atom. The molecule has 3 heterocycles. The van der Waals surface area contributed by atoms with Crippen molar-refractivity contribution in [3.8, 4) is 0 Å². The van der Waals surface area contributed by atoms with E-state index in [1.54, 1.807) is 6.92 Å². The SMILES string of the molecule is COC1=CC(=O)OC1C1=C(C(C)=O)I2C=CC=CC2=C1C. The molecule has 1 unspecified atom stereocenters. The number of cyclic esters (lactones) is 1. The fourth-order valence-electron chi connectivity index (χ4n) is 2.65. The molecule has 0 fully saturated rings. The van der Waals surface area contributed by atoms with E-state index in [2.05, 4.69) is 10.2 Å². The first-order chi connectivity index (χ1) is 10.0. The van der Waals surface area contributed by atoms with Gasteiger partial charge in [-0.05, 0) is 0 Å². The van der Waals surface area contributed by atoms with E-state index >= 15 is 0 Å². The molecule has 0 spiro atoms. The number of hydrogen-bond acceptors (Lipinski definition) is 4. The van der Waals surface area contributed by atoms with Crippen molar-refractivity contribution in [1.82, 2.24) is 0 Å². The topological polar surface area (TPSA) is 52.6 Å². The number of halogens is 1. The summed E-state index contributed by atoms with van der Waals surface area (Å²) >= 11 is -1.82. The zero-order valence-corrected chi connectivity index (χ0v) is 14.1. The van der Waals surface area contributed by atoms with Crippen molar-refractivity contribution >= 4 is 31.6 Å². The molecule has 110 valence electrons. The molecule has 0 bridgehead atoms. The Hall–Kier alpha value is -1.63. The Balaban J connectivity index is 2.15. The standard InChI is InChI=1S/C16H15IO4/c1-9-11-6-4-5-7-17(11)15(10(2)18)14(9)16-12(20-3)8-13(19)21-16/h4-8,16H,1-3H3. The van der Waals surface area contributed by atoms with Gasteiger partial charge in [-0.1, -0.05) is 0 Å². The summed E-state index contributed by atoms with van der Waals surface area (Å²) in [6.45, 7) is 3.58. The Kier molecular flexibility index (Phi) is 3.61. The number of rotatable bonds is 3. The number of methoxy groups -OCH3 is 1. The first-order valence-corrected chi connectivity index (χ1v) is 9.90. The second kappa shape index (κ2) is 5.29. The van der Waals surface area contributed by atoms with Crippen molar-refractivity contribution in [2.75, 3.05) is 7.11 Å². The van der Waals surface area contributed by atoms with Gasteiger partial charge < -0.3 is 0 Å². The van der Waals surface area contributed by atoms with Crippen molar-refractivity contribution in [2.45, 2.75) is 20.0 Å². The van der Waals surface area contributed by atoms with Crippen LogP contribution >= 0.6 is 19.8 Å². The van der Waals surface area contributed by atoms with Gasteiger partial charge >= 0.3 is 130 Å². The van der Waals surface area contributed by atoms with E-state index in [1.165, 1.54) is 16.8 Å². The summed E-state index contributed by atoms with van der Waals surface area (Å²) in [5, 5.41) is 0. The number of ether oxygens (including phenoxy) is 2. The minimum absolute atomic E-state index is 0.0582. The van der Waals surface area contributed by atoms with E-state index in [0.29, 0.717) is 5.76 Å². The summed E-state index contributed by atoms with van der Waals surface area (Å²) in [4.78, 5) is 23.7. The van der Waals surface area contributed by atoms with Gasteiger partial charge in [-0.25, -0.2) is 0 Å². The second-order valence-corrected chi connectivity index (χ2v) is 9.56. The maximum atomic E-state index is 12.2. The van der Waals surface area contributed by atoms with Crippen molar-refractivity contribution in [2.24, 2.45) is 0 Å². The third-order valence-electron chi connectivity index (χ3n) is 3.53. The molecule has 5 heteroatoms. The number of carbonyl (C=O) groups excluding carboxylic acids is 2. The number of carbonyl (C=O) groups is 2. The second-order valence-electron chi connectivity index (χ2n) is 4.81. The van der Waals surface area contributed by atoms with E-state index in [0.717, 1.165) is 14.7 Å². The molecule has 0 saturated heterocycles. The molecule has 4 nitrogen and oxygen atoms in total. The average Bonchev–Trinajstić information content (AvgIpc) is 2.97. The molecule has 0 aliphatic carbocycles. The van der Waals surface area contributed by atoms with E-state index in [1.807, 2.05) is 19.1 Å². The van der Waals surface area contributed by atoms with Gasteiger partial charge in [0.2, 0.25) is 0 Å². The van der Waals surface area contributed by atoms with Crippen LogP contribution in [0.15, 0.2) is 52.5 Å². The van der Waals surface area contributed by atoms with E-state index in [9.17, 15) is 9.59 Å². The molecule has 0 amide bonds. The Morgan fingerprint density at radius 2 is 2.14 bits per heavy atom. The monoisotopic (exact) mass is 398 g/mol. The van der Waals surface area contributed by atoms with Crippen LogP contribution in [0.5, 0.6) is 0 Å². The van der Waals surface area contributed by atoms with Gasteiger partial charge in [0.05, 0.1) is 0 Å². The predicted molar refractivity (Wildman–Crippen MR) is 87.7 cm³/mol. The molecule has 0 radical (unpaired) electrons. The van der Waals surface area contributed by atoms with Crippen LogP contribution in [0.2, 0.25) is 0 Å². The predicted octanol–water partition coefficient (Wildman–Crippen LogP) is 3.16. The minimum atomic E-state index is -1.82. The van der Waals surface area contributed by atoms with Gasteiger partial charge in [-0.2, -0.15) is 0 Å². The van der Waals surface area contributed by atoms with Crippen molar-refractivity contribution < 1.29 is 19.1 Å². The Bertz CT molecular complexity index is 691. The molecule has 0 saturated carbocycles. The van der Waals surface area contributed by atoms with Crippen LogP contribution in [0.25, 0.3) is 0 Å². The molecule has 3 aliphatic rings. The van der Waals surface area contributed by atoms with Gasteiger partial charge in [0.15, 0.2) is 0 Å². The van der Waals surface area contributed by atoms with Crippen LogP contribution < -0.4 is 0 Å². The molecule has 0 aromatic heterocycles. The van der Waals surface area contributed by atoms with Gasteiger partial charge in [0.1, 0.15) is 0 Å². The van der Waals surface area contributed by atoms with Crippen LogP contribution in [0.1, 0.15) is 13.8 Å². The Morgan fingerprint density at radius 1 is 1.38 bits per heavy atom. The summed E-state index contributed by atoms with van der Waals surface area (Å²) < 4.78 is 14.9. The molecular formula is C16H15IO4. The van der Waals surface area contributed by atoms with E-state index in [4.69, 9.17) is 9.47 Å². The molecule has 0 aromatic carbocycles. The Labute approximate surface area is 130 Å². The number of esters is 1. The molecular weight excluding hydrogens is 383 g/mol. The van der Waals surface area contributed by atoms with E-state index in [-0.39, 0.29) is 5.78 Å². The molecule has 21 heavy (non-hydrogen) atoms. The van der Waals surface area contributed by atoms with Crippen molar-refractivity contribution in [3.05, 3.63) is 52.5 Å². The third-order valence-corrected chi connectivity index (χ3v) is 9.59. The summed E-state index contributed by atoms with van der Waals surface area (Å²) in [5.74, 6) is 0.107. The number of fused-ring (bicyclic) bond motifs is 1. The van der Waals surface area contributed by atoms with Crippen molar-refractivity contribution in [1.29, 1.82) is 0 Å². The first kappa shape index (κ1) is 14.3. The molecule has 0 aromatic rings. The average molecular weight is 398 g/mol. The summed E-state index contributed by atoms with van der Waals surface area (Å²) in [5.41, 5.74) is 1.88. The van der Waals surface area contributed by atoms with Crippen LogP contribution in [-0.4, -0.2) is 25.0 Å². The third kappa shape index (κ3) is 2.19. The van der Waals surface area contributed by atoms with Gasteiger partial charge in [0.25, 0.3) is 0 Å². The zero-order valence-electron chi connectivity index (χ0n) is 12.0. The van der Waals surface area contributed by atoms with E-state index < -0.39 is 31.9 Å². The molecule has 0 N–H and O–H groups in total. The maximum absolute atomic E-state index is 12.2. The zero-order chi connectivity index (χ0) is 15.1. The van der Waals surface area contributed by atoms with Gasteiger partial charge in [0, 0.05) is 0 Å². The fraction of sp³-hybridized carbons (Fsp3) is 0.250.